The normalized spacial score (nSPS) is 11.2. The largest absolute Gasteiger partial charge is 0.550 e. The molecular formula is C25H53NO3. The number of unbranched alkanes of at least 4 members (excludes halogenated alkanes) is 14. The van der Waals surface area contributed by atoms with Gasteiger partial charge >= 0.3 is 0 Å². The second kappa shape index (κ2) is 23.7. The van der Waals surface area contributed by atoms with E-state index in [9.17, 15) is 5.11 Å². The fraction of sp³-hybridized carbons (Fsp3) is 0.960. The van der Waals surface area contributed by atoms with E-state index in [1.165, 1.54) is 116 Å². The van der Waals surface area contributed by atoms with Crippen LogP contribution in [0.25, 0.3) is 0 Å². The maximum Gasteiger partial charge on any atom is 0.102 e. The van der Waals surface area contributed by atoms with Gasteiger partial charge in [0.05, 0.1) is 26.7 Å². The van der Waals surface area contributed by atoms with Crippen molar-refractivity contribution in [2.75, 3.05) is 33.3 Å². The highest BCUT2D eigenvalue weighted by atomic mass is 16.4. The lowest BCUT2D eigenvalue weighted by Crippen LogP contribution is -2.47. The standard InChI is InChI=1S/C23H50NO.C2H4O2/c1-4-6-8-10-12-14-16-18-20-24(3,22-23-25)21-19-17-15-13-11-9-7-5-2;1-2(3)4/h25H,4-23H2,1-3H3;1H3,(H,3,4)/q+1;/p-1. The minimum absolute atomic E-state index is 0.338. The number of aliphatic hydroxyl groups is 1. The number of quaternary nitrogens is 1. The number of hydrogen-bond acceptors (Lipinski definition) is 3. The van der Waals surface area contributed by atoms with Crippen LogP contribution in [-0.2, 0) is 4.79 Å². The summed E-state index contributed by atoms with van der Waals surface area (Å²) < 4.78 is 1.09. The summed E-state index contributed by atoms with van der Waals surface area (Å²) in [5.74, 6) is -1.08. The van der Waals surface area contributed by atoms with E-state index in [0.717, 1.165) is 18.0 Å². The smallest absolute Gasteiger partial charge is 0.102 e. The Labute approximate surface area is 182 Å². The molecule has 0 heterocycles. The van der Waals surface area contributed by atoms with E-state index in [-0.39, 0.29) is 0 Å². The van der Waals surface area contributed by atoms with Crippen molar-refractivity contribution in [1.29, 1.82) is 0 Å². The maximum absolute atomic E-state index is 9.43. The first kappa shape index (κ1) is 30.6. The number of carbonyl (C=O) groups excluding carboxylic acids is 1. The summed E-state index contributed by atoms with van der Waals surface area (Å²) in [6.07, 6.45) is 22.3. The summed E-state index contributed by atoms with van der Waals surface area (Å²) in [5.41, 5.74) is 0. The van der Waals surface area contributed by atoms with E-state index in [1.807, 2.05) is 0 Å². The Morgan fingerprint density at radius 2 is 0.931 bits per heavy atom. The average Bonchev–Trinajstić information content (AvgIpc) is 2.66. The predicted octanol–water partition coefficient (Wildman–Crippen LogP) is 5.46. The molecule has 0 aliphatic heterocycles. The number of nitrogens with zero attached hydrogens (tertiary/aromatic N) is 1. The van der Waals surface area contributed by atoms with Crippen LogP contribution in [0.2, 0.25) is 0 Å². The van der Waals surface area contributed by atoms with Crippen molar-refractivity contribution in [3.63, 3.8) is 0 Å². The Kier molecular flexibility index (Phi) is 25.0. The molecular weight excluding hydrogens is 362 g/mol. The molecule has 0 bridgehead atoms. The molecule has 0 amide bonds. The van der Waals surface area contributed by atoms with Gasteiger partial charge in [-0.1, -0.05) is 90.9 Å². The molecule has 0 aliphatic carbocycles. The highest BCUT2D eigenvalue weighted by molar-refractivity contribution is 5.60. The minimum atomic E-state index is -1.08. The van der Waals surface area contributed by atoms with Gasteiger partial charge in [-0.3, -0.25) is 0 Å². The zero-order valence-corrected chi connectivity index (χ0v) is 20.4. The topological polar surface area (TPSA) is 60.4 Å². The number of carbonyl (C=O) groups is 1. The van der Waals surface area contributed by atoms with E-state index in [1.54, 1.807) is 0 Å². The third-order valence-corrected chi connectivity index (χ3v) is 5.74. The van der Waals surface area contributed by atoms with E-state index in [4.69, 9.17) is 9.90 Å². The Balaban J connectivity index is 0. The van der Waals surface area contributed by atoms with Gasteiger partial charge in [0.25, 0.3) is 0 Å². The highest BCUT2D eigenvalue weighted by Gasteiger charge is 2.19. The van der Waals surface area contributed by atoms with Gasteiger partial charge in [-0.2, -0.15) is 0 Å². The summed E-state index contributed by atoms with van der Waals surface area (Å²) in [4.78, 5) is 8.89. The van der Waals surface area contributed by atoms with Gasteiger partial charge in [0.2, 0.25) is 0 Å². The van der Waals surface area contributed by atoms with E-state index < -0.39 is 5.97 Å². The van der Waals surface area contributed by atoms with Crippen LogP contribution in [0.15, 0.2) is 0 Å². The zero-order valence-electron chi connectivity index (χ0n) is 20.4. The summed E-state index contributed by atoms with van der Waals surface area (Å²) in [7, 11) is 2.36. The molecule has 4 nitrogen and oxygen atoms in total. The molecule has 29 heavy (non-hydrogen) atoms. The van der Waals surface area contributed by atoms with Crippen molar-refractivity contribution in [1.82, 2.24) is 0 Å². The van der Waals surface area contributed by atoms with Gasteiger partial charge in [0.15, 0.2) is 0 Å². The molecule has 0 aromatic heterocycles. The molecule has 0 aliphatic rings. The number of aliphatic hydroxyl groups excluding tert-OH is 1. The number of rotatable bonds is 20. The van der Waals surface area contributed by atoms with Gasteiger partial charge in [0, 0.05) is 5.97 Å². The number of carboxylic acids is 1. The monoisotopic (exact) mass is 415 g/mol. The van der Waals surface area contributed by atoms with Crippen molar-refractivity contribution in [3.8, 4) is 0 Å². The lowest BCUT2D eigenvalue weighted by molar-refractivity contribution is -0.910. The molecule has 0 saturated carbocycles. The first-order valence-electron chi connectivity index (χ1n) is 12.5. The molecule has 0 unspecified atom stereocenters. The summed E-state index contributed by atoms with van der Waals surface area (Å²) in [6, 6.07) is 0. The molecule has 4 heteroatoms. The SMILES string of the molecule is CC(=O)[O-].CCCCCCCCCC[N+](C)(CCO)CCCCCCCCCC. The first-order valence-corrected chi connectivity index (χ1v) is 12.5. The highest BCUT2D eigenvalue weighted by Crippen LogP contribution is 2.14. The van der Waals surface area contributed by atoms with Gasteiger partial charge in [-0.05, 0) is 32.6 Å². The van der Waals surface area contributed by atoms with E-state index >= 15 is 0 Å². The number of aliphatic carboxylic acids is 1. The van der Waals surface area contributed by atoms with Crippen molar-refractivity contribution < 1.29 is 19.5 Å². The van der Waals surface area contributed by atoms with Crippen LogP contribution in [0.5, 0.6) is 0 Å². The number of likely N-dealkylation sites (N-methyl/N-ethyl adjacent to an activating group) is 1. The van der Waals surface area contributed by atoms with Crippen LogP contribution in [-0.4, -0.2) is 48.8 Å². The molecule has 0 rings (SSSR count). The Bertz CT molecular complexity index is 310. The van der Waals surface area contributed by atoms with Crippen molar-refractivity contribution in [2.24, 2.45) is 0 Å². The van der Waals surface area contributed by atoms with Gasteiger partial charge < -0.3 is 19.5 Å². The summed E-state index contributed by atoms with van der Waals surface area (Å²) in [6.45, 7) is 9.33. The van der Waals surface area contributed by atoms with Gasteiger partial charge in [0.1, 0.15) is 6.54 Å². The fourth-order valence-corrected chi connectivity index (χ4v) is 3.83. The number of hydrogen-bond donors (Lipinski definition) is 1. The van der Waals surface area contributed by atoms with Gasteiger partial charge in [-0.25, -0.2) is 0 Å². The lowest BCUT2D eigenvalue weighted by Gasteiger charge is -2.34. The summed E-state index contributed by atoms with van der Waals surface area (Å²) in [5, 5.41) is 18.3. The molecule has 1 N–H and O–H groups in total. The first-order chi connectivity index (χ1) is 13.9. The van der Waals surface area contributed by atoms with Crippen LogP contribution in [0.3, 0.4) is 0 Å². The Morgan fingerprint density at radius 1 is 0.655 bits per heavy atom. The van der Waals surface area contributed by atoms with Crippen molar-refractivity contribution in [2.45, 2.75) is 124 Å². The van der Waals surface area contributed by atoms with Crippen LogP contribution < -0.4 is 5.11 Å². The van der Waals surface area contributed by atoms with Crippen molar-refractivity contribution in [3.05, 3.63) is 0 Å². The van der Waals surface area contributed by atoms with E-state index in [0.29, 0.717) is 6.61 Å². The molecule has 176 valence electrons. The molecule has 0 atom stereocenters. The van der Waals surface area contributed by atoms with Crippen molar-refractivity contribution >= 4 is 5.97 Å². The lowest BCUT2D eigenvalue weighted by atomic mass is 10.1. The quantitative estimate of drug-likeness (QED) is 0.212. The van der Waals surface area contributed by atoms with Crippen LogP contribution >= 0.6 is 0 Å². The average molecular weight is 416 g/mol. The maximum atomic E-state index is 9.43. The molecule has 0 aromatic carbocycles. The molecule has 0 aromatic rings. The number of carboxylic acid groups (broad SMARTS) is 1. The molecule has 0 radical (unpaired) electrons. The zero-order chi connectivity index (χ0) is 22.2. The van der Waals surface area contributed by atoms with E-state index in [2.05, 4.69) is 20.9 Å². The molecule has 0 fully saturated rings. The predicted molar refractivity (Wildman–Crippen MR) is 124 cm³/mol. The minimum Gasteiger partial charge on any atom is -0.550 e. The summed E-state index contributed by atoms with van der Waals surface area (Å²) >= 11 is 0. The molecule has 0 spiro atoms. The third-order valence-electron chi connectivity index (χ3n) is 5.74. The third kappa shape index (κ3) is 27.4. The van der Waals surface area contributed by atoms with Gasteiger partial charge in [-0.15, -0.1) is 0 Å². The second-order valence-electron chi connectivity index (χ2n) is 8.96. The van der Waals surface area contributed by atoms with Crippen LogP contribution in [0.4, 0.5) is 0 Å². The van der Waals surface area contributed by atoms with Crippen LogP contribution in [0, 0.1) is 0 Å². The fourth-order valence-electron chi connectivity index (χ4n) is 3.83. The van der Waals surface area contributed by atoms with Crippen LogP contribution in [0.1, 0.15) is 124 Å². The Morgan fingerprint density at radius 3 is 1.21 bits per heavy atom. The second-order valence-corrected chi connectivity index (χ2v) is 8.96. The Hall–Kier alpha value is -0.610. The molecule has 0 saturated heterocycles.